The SMILES string of the molecule is Cc1csc(-c2cc3ccc(N4CCC4)cc3oc2=O)n1. The van der Waals surface area contributed by atoms with Crippen LogP contribution in [0.15, 0.2) is 38.9 Å². The van der Waals surface area contributed by atoms with Crippen LogP contribution in [0.1, 0.15) is 12.1 Å². The summed E-state index contributed by atoms with van der Waals surface area (Å²) in [7, 11) is 0. The Bertz CT molecular complexity index is 877. The maximum absolute atomic E-state index is 12.2. The van der Waals surface area contributed by atoms with Crippen LogP contribution < -0.4 is 10.5 Å². The van der Waals surface area contributed by atoms with E-state index < -0.39 is 0 Å². The van der Waals surface area contributed by atoms with E-state index in [2.05, 4.69) is 16.0 Å². The molecule has 0 bridgehead atoms. The first-order valence-electron chi connectivity index (χ1n) is 6.96. The summed E-state index contributed by atoms with van der Waals surface area (Å²) < 4.78 is 5.50. The Kier molecular flexibility index (Phi) is 2.82. The van der Waals surface area contributed by atoms with Gasteiger partial charge in [-0.15, -0.1) is 11.3 Å². The zero-order valence-electron chi connectivity index (χ0n) is 11.6. The molecule has 0 aliphatic carbocycles. The zero-order valence-corrected chi connectivity index (χ0v) is 12.4. The Balaban J connectivity index is 1.84. The maximum atomic E-state index is 12.2. The van der Waals surface area contributed by atoms with Gasteiger partial charge in [-0.05, 0) is 31.5 Å². The highest BCUT2D eigenvalue weighted by Gasteiger charge is 2.16. The van der Waals surface area contributed by atoms with Gasteiger partial charge in [0, 0.05) is 41.3 Å². The number of rotatable bonds is 2. The molecule has 0 radical (unpaired) electrons. The molecule has 1 aromatic carbocycles. The van der Waals surface area contributed by atoms with Crippen molar-refractivity contribution in [1.82, 2.24) is 4.98 Å². The van der Waals surface area contributed by atoms with E-state index in [-0.39, 0.29) is 5.63 Å². The number of fused-ring (bicyclic) bond motifs is 1. The first kappa shape index (κ1) is 12.6. The zero-order chi connectivity index (χ0) is 14.4. The van der Waals surface area contributed by atoms with E-state index in [1.54, 1.807) is 0 Å². The number of hydrogen-bond donors (Lipinski definition) is 0. The van der Waals surface area contributed by atoms with Crippen molar-refractivity contribution in [3.05, 3.63) is 45.8 Å². The van der Waals surface area contributed by atoms with Crippen LogP contribution in [0.5, 0.6) is 0 Å². The number of hydrogen-bond acceptors (Lipinski definition) is 5. The predicted molar refractivity (Wildman–Crippen MR) is 85.2 cm³/mol. The molecular formula is C16H14N2O2S. The van der Waals surface area contributed by atoms with Gasteiger partial charge in [-0.2, -0.15) is 0 Å². The molecule has 1 aliphatic rings. The highest BCUT2D eigenvalue weighted by molar-refractivity contribution is 7.13. The summed E-state index contributed by atoms with van der Waals surface area (Å²) in [6.45, 7) is 4.07. The van der Waals surface area contributed by atoms with Crippen molar-refractivity contribution in [3.8, 4) is 10.6 Å². The average molecular weight is 298 g/mol. The Morgan fingerprint density at radius 1 is 1.29 bits per heavy atom. The molecular weight excluding hydrogens is 284 g/mol. The molecule has 0 atom stereocenters. The van der Waals surface area contributed by atoms with Crippen molar-refractivity contribution in [2.24, 2.45) is 0 Å². The molecule has 0 amide bonds. The van der Waals surface area contributed by atoms with E-state index in [1.165, 1.54) is 17.8 Å². The van der Waals surface area contributed by atoms with E-state index in [1.807, 2.05) is 30.5 Å². The normalized spacial score (nSPS) is 14.4. The molecule has 5 heteroatoms. The van der Waals surface area contributed by atoms with Gasteiger partial charge in [0.2, 0.25) is 0 Å². The fraction of sp³-hybridized carbons (Fsp3) is 0.250. The smallest absolute Gasteiger partial charge is 0.346 e. The molecule has 4 nitrogen and oxygen atoms in total. The average Bonchev–Trinajstić information content (AvgIpc) is 2.82. The van der Waals surface area contributed by atoms with Gasteiger partial charge in [0.05, 0.1) is 5.56 Å². The number of nitrogens with zero attached hydrogens (tertiary/aromatic N) is 2. The quantitative estimate of drug-likeness (QED) is 0.680. The van der Waals surface area contributed by atoms with Crippen molar-refractivity contribution in [1.29, 1.82) is 0 Å². The van der Waals surface area contributed by atoms with E-state index in [9.17, 15) is 4.79 Å². The number of aryl methyl sites for hydroxylation is 1. The van der Waals surface area contributed by atoms with Crippen molar-refractivity contribution in [2.45, 2.75) is 13.3 Å². The first-order chi connectivity index (χ1) is 10.2. The Labute approximate surface area is 125 Å². The van der Waals surface area contributed by atoms with Crippen LogP contribution in [0.3, 0.4) is 0 Å². The molecule has 1 saturated heterocycles. The van der Waals surface area contributed by atoms with Crippen LogP contribution in [0.25, 0.3) is 21.5 Å². The second-order valence-corrected chi connectivity index (χ2v) is 6.16. The molecule has 2 aromatic heterocycles. The lowest BCUT2D eigenvalue weighted by Crippen LogP contribution is -2.36. The van der Waals surface area contributed by atoms with E-state index in [0.29, 0.717) is 11.1 Å². The number of benzene rings is 1. The summed E-state index contributed by atoms with van der Waals surface area (Å²) in [4.78, 5) is 18.8. The largest absolute Gasteiger partial charge is 0.422 e. The summed E-state index contributed by atoms with van der Waals surface area (Å²) >= 11 is 1.47. The van der Waals surface area contributed by atoms with Gasteiger partial charge < -0.3 is 9.32 Å². The first-order valence-corrected chi connectivity index (χ1v) is 7.84. The highest BCUT2D eigenvalue weighted by atomic mass is 32.1. The third-order valence-electron chi connectivity index (χ3n) is 3.79. The highest BCUT2D eigenvalue weighted by Crippen LogP contribution is 2.28. The van der Waals surface area contributed by atoms with Crippen LogP contribution in [0.4, 0.5) is 5.69 Å². The summed E-state index contributed by atoms with van der Waals surface area (Å²) in [6, 6.07) is 7.92. The van der Waals surface area contributed by atoms with Gasteiger partial charge in [-0.1, -0.05) is 0 Å². The lowest BCUT2D eigenvalue weighted by Gasteiger charge is -2.33. The predicted octanol–water partition coefficient (Wildman–Crippen LogP) is 3.44. The third kappa shape index (κ3) is 2.14. The van der Waals surface area contributed by atoms with Crippen LogP contribution in [0.2, 0.25) is 0 Å². The van der Waals surface area contributed by atoms with Gasteiger partial charge in [0.25, 0.3) is 0 Å². The van der Waals surface area contributed by atoms with E-state index in [4.69, 9.17) is 4.42 Å². The number of thiazole rings is 1. The molecule has 0 N–H and O–H groups in total. The second kappa shape index (κ2) is 4.70. The van der Waals surface area contributed by atoms with E-state index >= 15 is 0 Å². The van der Waals surface area contributed by atoms with Crippen molar-refractivity contribution in [2.75, 3.05) is 18.0 Å². The molecule has 3 heterocycles. The maximum Gasteiger partial charge on any atom is 0.346 e. The molecule has 3 aromatic rings. The van der Waals surface area contributed by atoms with Gasteiger partial charge >= 0.3 is 5.63 Å². The van der Waals surface area contributed by atoms with Crippen molar-refractivity contribution < 1.29 is 4.42 Å². The second-order valence-electron chi connectivity index (χ2n) is 5.30. The standard InChI is InChI=1S/C16H14N2O2S/c1-10-9-21-15(17-10)13-7-11-3-4-12(18-5-2-6-18)8-14(11)20-16(13)19/h3-4,7-9H,2,5-6H2,1H3. The Hall–Kier alpha value is -2.14. The fourth-order valence-corrected chi connectivity index (χ4v) is 3.30. The molecule has 0 spiro atoms. The molecule has 0 unspecified atom stereocenters. The Morgan fingerprint density at radius 2 is 2.14 bits per heavy atom. The molecule has 1 aliphatic heterocycles. The monoisotopic (exact) mass is 298 g/mol. The summed E-state index contributed by atoms with van der Waals surface area (Å²) in [5.41, 5.74) is 2.90. The summed E-state index contributed by atoms with van der Waals surface area (Å²) in [6.07, 6.45) is 1.23. The van der Waals surface area contributed by atoms with Gasteiger partial charge in [-0.25, -0.2) is 9.78 Å². The molecule has 106 valence electrons. The van der Waals surface area contributed by atoms with Crippen molar-refractivity contribution in [3.63, 3.8) is 0 Å². The lowest BCUT2D eigenvalue weighted by molar-refractivity contribution is 0.562. The van der Waals surface area contributed by atoms with Gasteiger partial charge in [0.1, 0.15) is 10.6 Å². The minimum Gasteiger partial charge on any atom is -0.422 e. The minimum absolute atomic E-state index is 0.322. The summed E-state index contributed by atoms with van der Waals surface area (Å²) in [5.74, 6) is 0. The third-order valence-corrected chi connectivity index (χ3v) is 4.78. The fourth-order valence-electron chi connectivity index (χ4n) is 2.50. The van der Waals surface area contributed by atoms with Gasteiger partial charge in [-0.3, -0.25) is 0 Å². The van der Waals surface area contributed by atoms with E-state index in [0.717, 1.165) is 34.9 Å². The molecule has 4 rings (SSSR count). The number of anilines is 1. The van der Waals surface area contributed by atoms with Crippen LogP contribution in [0, 0.1) is 6.92 Å². The lowest BCUT2D eigenvalue weighted by atomic mass is 10.1. The molecule has 0 saturated carbocycles. The van der Waals surface area contributed by atoms with Crippen LogP contribution >= 0.6 is 11.3 Å². The Morgan fingerprint density at radius 3 is 2.81 bits per heavy atom. The van der Waals surface area contributed by atoms with Crippen molar-refractivity contribution >= 4 is 28.0 Å². The topological polar surface area (TPSA) is 46.3 Å². The minimum atomic E-state index is -0.322. The van der Waals surface area contributed by atoms with Crippen LogP contribution in [-0.2, 0) is 0 Å². The molecule has 21 heavy (non-hydrogen) atoms. The number of aromatic nitrogens is 1. The van der Waals surface area contributed by atoms with Gasteiger partial charge in [0.15, 0.2) is 0 Å². The summed E-state index contributed by atoms with van der Waals surface area (Å²) in [5, 5.41) is 3.59. The van der Waals surface area contributed by atoms with Crippen LogP contribution in [-0.4, -0.2) is 18.1 Å². The molecule has 1 fully saturated rings.